The molecule has 3 nitrogen and oxygen atoms in total. The molecular weight excluding hydrogens is 327 g/mol. The Morgan fingerprint density at radius 3 is 2.62 bits per heavy atom. The van der Waals surface area contributed by atoms with Gasteiger partial charge in [0.2, 0.25) is 5.91 Å². The van der Waals surface area contributed by atoms with Crippen molar-refractivity contribution in [1.82, 2.24) is 9.88 Å². The molecule has 0 radical (unpaired) electrons. The first-order chi connectivity index (χ1) is 12.7. The highest BCUT2D eigenvalue weighted by atomic mass is 19.1. The second kappa shape index (κ2) is 5.90. The molecule has 2 heterocycles. The maximum Gasteiger partial charge on any atom is 0.226 e. The maximum atomic E-state index is 13.3. The minimum absolute atomic E-state index is 0.105. The van der Waals surface area contributed by atoms with E-state index in [9.17, 15) is 9.18 Å². The summed E-state index contributed by atoms with van der Waals surface area (Å²) in [6.07, 6.45) is 8.89. The van der Waals surface area contributed by atoms with Crippen LogP contribution in [0.3, 0.4) is 0 Å². The molecule has 1 aromatic heterocycles. The number of amides is 1. The molecule has 26 heavy (non-hydrogen) atoms. The summed E-state index contributed by atoms with van der Waals surface area (Å²) in [5, 5.41) is 0. The smallest absolute Gasteiger partial charge is 0.226 e. The van der Waals surface area contributed by atoms with Crippen molar-refractivity contribution in [3.05, 3.63) is 65.7 Å². The van der Waals surface area contributed by atoms with Crippen LogP contribution in [0, 0.1) is 17.7 Å². The summed E-state index contributed by atoms with van der Waals surface area (Å²) < 4.78 is 13.1. The lowest BCUT2D eigenvalue weighted by Gasteiger charge is -2.52. The number of pyridine rings is 1. The third-order valence-electron chi connectivity index (χ3n) is 6.99. The number of likely N-dealkylation sites (tertiary alicyclic amines) is 1. The Hall–Kier alpha value is -2.23. The minimum atomic E-state index is -0.202. The number of fused-ring (bicyclic) bond motifs is 1. The van der Waals surface area contributed by atoms with E-state index in [0.29, 0.717) is 17.7 Å². The molecule has 0 unspecified atom stereocenters. The zero-order chi connectivity index (χ0) is 17.7. The molecular formula is C22H23FN2O. The van der Waals surface area contributed by atoms with Crippen LogP contribution < -0.4 is 0 Å². The Labute approximate surface area is 153 Å². The molecule has 2 aliphatic carbocycles. The Bertz CT molecular complexity index is 816. The Morgan fingerprint density at radius 1 is 1.15 bits per heavy atom. The van der Waals surface area contributed by atoms with E-state index < -0.39 is 0 Å². The van der Waals surface area contributed by atoms with Crippen LogP contribution in [0.5, 0.6) is 0 Å². The molecule has 2 saturated carbocycles. The number of carbonyl (C=O) groups is 1. The van der Waals surface area contributed by atoms with Crippen molar-refractivity contribution >= 4 is 5.91 Å². The summed E-state index contributed by atoms with van der Waals surface area (Å²) in [6.45, 7) is 0.871. The van der Waals surface area contributed by atoms with Gasteiger partial charge in [0.1, 0.15) is 5.82 Å². The topological polar surface area (TPSA) is 33.2 Å². The molecule has 3 aliphatic rings. The molecule has 1 aromatic carbocycles. The van der Waals surface area contributed by atoms with Crippen molar-refractivity contribution in [2.45, 2.75) is 43.6 Å². The van der Waals surface area contributed by atoms with Gasteiger partial charge in [0, 0.05) is 24.9 Å². The van der Waals surface area contributed by atoms with Gasteiger partial charge in [0.05, 0.1) is 5.54 Å². The number of aromatic nitrogens is 1. The maximum absolute atomic E-state index is 13.3. The van der Waals surface area contributed by atoms with Gasteiger partial charge in [-0.3, -0.25) is 9.78 Å². The van der Waals surface area contributed by atoms with Gasteiger partial charge in [0.25, 0.3) is 0 Å². The van der Waals surface area contributed by atoms with Crippen LogP contribution >= 0.6 is 0 Å². The third-order valence-corrected chi connectivity index (χ3v) is 6.99. The Morgan fingerprint density at radius 2 is 1.96 bits per heavy atom. The molecule has 1 amide bonds. The highest BCUT2D eigenvalue weighted by Gasteiger charge is 2.58. The highest BCUT2D eigenvalue weighted by molar-refractivity contribution is 5.82. The molecule has 0 bridgehead atoms. The summed E-state index contributed by atoms with van der Waals surface area (Å²) >= 11 is 0. The number of hydrogen-bond acceptors (Lipinski definition) is 2. The SMILES string of the molecule is O=C(C1CC(c2ccc(F)cc2)C1)N1CC[C@@H]2CC[C@@]21c1cccnc1. The summed E-state index contributed by atoms with van der Waals surface area (Å²) in [7, 11) is 0. The van der Waals surface area contributed by atoms with Crippen molar-refractivity contribution in [2.75, 3.05) is 6.54 Å². The van der Waals surface area contributed by atoms with E-state index >= 15 is 0 Å². The van der Waals surface area contributed by atoms with Gasteiger partial charge in [-0.05, 0) is 73.3 Å². The first-order valence-electron chi connectivity index (χ1n) is 9.66. The van der Waals surface area contributed by atoms with E-state index in [-0.39, 0.29) is 17.3 Å². The van der Waals surface area contributed by atoms with Gasteiger partial charge in [-0.25, -0.2) is 4.39 Å². The summed E-state index contributed by atoms with van der Waals surface area (Å²) in [5.41, 5.74) is 2.25. The van der Waals surface area contributed by atoms with E-state index in [2.05, 4.69) is 16.0 Å². The highest BCUT2D eigenvalue weighted by Crippen LogP contribution is 2.58. The van der Waals surface area contributed by atoms with Crippen LogP contribution in [-0.2, 0) is 10.3 Å². The first-order valence-corrected chi connectivity index (χ1v) is 9.66. The van der Waals surface area contributed by atoms with Gasteiger partial charge >= 0.3 is 0 Å². The lowest BCUT2D eigenvalue weighted by Crippen LogP contribution is -2.56. The number of rotatable bonds is 3. The lowest BCUT2D eigenvalue weighted by molar-refractivity contribution is -0.148. The normalized spacial score (nSPS) is 32.5. The van der Waals surface area contributed by atoms with E-state index in [1.165, 1.54) is 24.1 Å². The molecule has 1 aliphatic heterocycles. The summed E-state index contributed by atoms with van der Waals surface area (Å²) in [4.78, 5) is 19.7. The van der Waals surface area contributed by atoms with Gasteiger partial charge in [-0.15, -0.1) is 0 Å². The molecule has 3 fully saturated rings. The van der Waals surface area contributed by atoms with E-state index in [1.54, 1.807) is 6.20 Å². The quantitative estimate of drug-likeness (QED) is 0.829. The fraction of sp³-hybridized carbons (Fsp3) is 0.455. The monoisotopic (exact) mass is 350 g/mol. The van der Waals surface area contributed by atoms with Crippen molar-refractivity contribution in [3.63, 3.8) is 0 Å². The fourth-order valence-electron chi connectivity index (χ4n) is 5.35. The zero-order valence-electron chi connectivity index (χ0n) is 14.8. The van der Waals surface area contributed by atoms with Crippen molar-refractivity contribution in [3.8, 4) is 0 Å². The number of nitrogens with zero attached hydrogens (tertiary/aromatic N) is 2. The van der Waals surface area contributed by atoms with Gasteiger partial charge in [0.15, 0.2) is 0 Å². The van der Waals surface area contributed by atoms with Gasteiger partial charge in [-0.2, -0.15) is 0 Å². The van der Waals surface area contributed by atoms with Crippen molar-refractivity contribution in [1.29, 1.82) is 0 Å². The Kier molecular flexibility index (Phi) is 3.63. The Balaban J connectivity index is 1.33. The fourth-order valence-corrected chi connectivity index (χ4v) is 5.35. The van der Waals surface area contributed by atoms with E-state index in [0.717, 1.165) is 37.8 Å². The van der Waals surface area contributed by atoms with Gasteiger partial charge in [-0.1, -0.05) is 18.2 Å². The molecule has 5 rings (SSSR count). The molecule has 0 spiro atoms. The van der Waals surface area contributed by atoms with Crippen LogP contribution in [0.15, 0.2) is 48.8 Å². The molecule has 2 aromatic rings. The van der Waals surface area contributed by atoms with E-state index in [4.69, 9.17) is 0 Å². The first kappa shape index (κ1) is 16.0. The second-order valence-corrected chi connectivity index (χ2v) is 8.10. The van der Waals surface area contributed by atoms with Crippen LogP contribution in [0.1, 0.15) is 49.1 Å². The summed E-state index contributed by atoms with van der Waals surface area (Å²) in [6, 6.07) is 10.9. The average Bonchev–Trinajstić information content (AvgIpc) is 2.87. The van der Waals surface area contributed by atoms with Gasteiger partial charge < -0.3 is 4.90 Å². The molecule has 0 N–H and O–H groups in total. The second-order valence-electron chi connectivity index (χ2n) is 8.10. The molecule has 2 atom stereocenters. The summed E-state index contributed by atoms with van der Waals surface area (Å²) in [5.74, 6) is 1.20. The zero-order valence-corrected chi connectivity index (χ0v) is 14.8. The van der Waals surface area contributed by atoms with Crippen LogP contribution in [0.2, 0.25) is 0 Å². The largest absolute Gasteiger partial charge is 0.332 e. The predicted octanol–water partition coefficient (Wildman–Crippen LogP) is 4.25. The number of halogens is 1. The number of hydrogen-bond donors (Lipinski definition) is 0. The third kappa shape index (κ3) is 2.24. The minimum Gasteiger partial charge on any atom is -0.332 e. The van der Waals surface area contributed by atoms with Crippen LogP contribution in [-0.4, -0.2) is 22.3 Å². The lowest BCUT2D eigenvalue weighted by atomic mass is 9.63. The van der Waals surface area contributed by atoms with Crippen molar-refractivity contribution < 1.29 is 9.18 Å². The van der Waals surface area contributed by atoms with E-state index in [1.807, 2.05) is 24.4 Å². The average molecular weight is 350 g/mol. The van der Waals surface area contributed by atoms with Crippen LogP contribution in [0.25, 0.3) is 0 Å². The predicted molar refractivity (Wildman–Crippen MR) is 96.8 cm³/mol. The molecule has 134 valence electrons. The van der Waals surface area contributed by atoms with Crippen LogP contribution in [0.4, 0.5) is 4.39 Å². The standard InChI is InChI=1S/C22H23FN2O/c23-20-5-3-15(4-6-20)16-12-17(13-16)21(26)25-11-8-18-7-9-22(18,25)19-2-1-10-24-14-19/h1-6,10,14,16-18H,7-9,11-13H2/t16?,17?,18-,22-/m0/s1. The van der Waals surface area contributed by atoms with Crippen molar-refractivity contribution in [2.24, 2.45) is 11.8 Å². The molecule has 1 saturated heterocycles. The number of carbonyl (C=O) groups excluding carboxylic acids is 1. The molecule has 4 heteroatoms. The number of benzene rings is 1.